The lowest BCUT2D eigenvalue weighted by molar-refractivity contribution is -0.00000436. The van der Waals surface area contributed by atoms with Crippen LogP contribution in [0.3, 0.4) is 0 Å². The molecule has 0 unspecified atom stereocenters. The third-order valence-electron chi connectivity index (χ3n) is 4.79. The number of para-hydroxylation sites is 2. The van der Waals surface area contributed by atoms with Crippen LogP contribution >= 0.6 is 0 Å². The van der Waals surface area contributed by atoms with E-state index in [0.29, 0.717) is 0 Å². The second kappa shape index (κ2) is 6.44. The highest BCUT2D eigenvalue weighted by Gasteiger charge is 2.24. The Labute approximate surface area is 137 Å². The second-order valence-electron chi connectivity index (χ2n) is 6.18. The third-order valence-corrected chi connectivity index (χ3v) is 4.79. The van der Waals surface area contributed by atoms with Gasteiger partial charge in [-0.15, -0.1) is 0 Å². The summed E-state index contributed by atoms with van der Waals surface area (Å²) in [6, 6.07) is 8.46. The van der Waals surface area contributed by atoms with Gasteiger partial charge < -0.3 is 26.8 Å². The quantitative estimate of drug-likeness (QED) is 0.661. The Morgan fingerprint density at radius 3 is 2.55 bits per heavy atom. The van der Waals surface area contributed by atoms with Crippen molar-refractivity contribution in [2.24, 2.45) is 0 Å². The molecular weight excluding hydrogens is 298 g/mol. The van der Waals surface area contributed by atoms with Crippen molar-refractivity contribution >= 4 is 17.0 Å². The average Bonchev–Trinajstić information content (AvgIpc) is 3.06. The van der Waals surface area contributed by atoms with Gasteiger partial charge in [0.25, 0.3) is 0 Å². The lowest BCUT2D eigenvalue weighted by atomic mass is 10.3. The number of benzene rings is 1. The first-order valence-corrected chi connectivity index (χ1v) is 7.92. The van der Waals surface area contributed by atoms with Gasteiger partial charge in [-0.25, -0.2) is 4.98 Å². The van der Waals surface area contributed by atoms with Crippen LogP contribution in [-0.2, 0) is 6.54 Å². The monoisotopic (exact) mass is 320 g/mol. The molecule has 0 atom stereocenters. The highest BCUT2D eigenvalue weighted by atomic mass is 35.5. The van der Waals surface area contributed by atoms with E-state index in [4.69, 9.17) is 4.98 Å². The van der Waals surface area contributed by atoms with Crippen molar-refractivity contribution in [2.75, 3.05) is 57.8 Å². The molecule has 2 aliphatic heterocycles. The van der Waals surface area contributed by atoms with E-state index in [-0.39, 0.29) is 12.4 Å². The molecule has 6 heteroatoms. The number of aromatic nitrogens is 2. The second-order valence-corrected chi connectivity index (χ2v) is 6.18. The molecule has 2 aromatic rings. The van der Waals surface area contributed by atoms with Gasteiger partial charge >= 0.3 is 0 Å². The molecule has 0 bridgehead atoms. The predicted octanol–water partition coefficient (Wildman–Crippen LogP) is -1.89. The molecule has 1 aromatic heterocycles. The summed E-state index contributed by atoms with van der Waals surface area (Å²) in [5.74, 6) is 1.16. The van der Waals surface area contributed by atoms with Gasteiger partial charge in [-0.3, -0.25) is 4.90 Å². The zero-order valence-corrected chi connectivity index (χ0v) is 13.8. The van der Waals surface area contributed by atoms with E-state index < -0.39 is 0 Å². The molecule has 1 saturated heterocycles. The molecular formula is C16H23ClN5-. The highest BCUT2D eigenvalue weighted by Crippen LogP contribution is 2.26. The zero-order chi connectivity index (χ0) is 14.2. The molecule has 3 heterocycles. The maximum Gasteiger partial charge on any atom is 0.206 e. The van der Waals surface area contributed by atoms with Crippen molar-refractivity contribution in [1.82, 2.24) is 19.4 Å². The Hall–Kier alpha value is -1.30. The predicted molar refractivity (Wildman–Crippen MR) is 85.9 cm³/mol. The van der Waals surface area contributed by atoms with Gasteiger partial charge in [0.1, 0.15) is 0 Å². The minimum absolute atomic E-state index is 0. The number of piperazine rings is 1. The van der Waals surface area contributed by atoms with Gasteiger partial charge in [0.2, 0.25) is 5.95 Å². The fraction of sp³-hybridized carbons (Fsp3) is 0.562. The number of halogens is 1. The number of imidazole rings is 1. The summed E-state index contributed by atoms with van der Waals surface area (Å²) >= 11 is 0. The van der Waals surface area contributed by atoms with Gasteiger partial charge in [-0.2, -0.15) is 0 Å². The molecule has 22 heavy (non-hydrogen) atoms. The third kappa shape index (κ3) is 2.81. The maximum absolute atomic E-state index is 4.81. The first-order valence-electron chi connectivity index (χ1n) is 7.92. The van der Waals surface area contributed by atoms with E-state index in [1.54, 1.807) is 0 Å². The first-order chi connectivity index (χ1) is 10.3. The molecule has 120 valence electrons. The van der Waals surface area contributed by atoms with Crippen LogP contribution in [-0.4, -0.2) is 72.2 Å². The largest absolute Gasteiger partial charge is 1.00 e. The lowest BCUT2D eigenvalue weighted by Gasteiger charge is -2.33. The van der Waals surface area contributed by atoms with E-state index in [2.05, 4.69) is 50.6 Å². The van der Waals surface area contributed by atoms with Crippen molar-refractivity contribution in [1.29, 1.82) is 0 Å². The van der Waals surface area contributed by atoms with E-state index in [9.17, 15) is 0 Å². The summed E-state index contributed by atoms with van der Waals surface area (Å²) in [6.07, 6.45) is 0. The summed E-state index contributed by atoms with van der Waals surface area (Å²) in [5.41, 5.74) is 2.39. The Morgan fingerprint density at radius 2 is 1.73 bits per heavy atom. The summed E-state index contributed by atoms with van der Waals surface area (Å²) in [4.78, 5) is 12.2. The van der Waals surface area contributed by atoms with Gasteiger partial charge in [-0.05, 0) is 19.2 Å². The van der Waals surface area contributed by atoms with Crippen molar-refractivity contribution in [3.05, 3.63) is 24.3 Å². The van der Waals surface area contributed by atoms with Gasteiger partial charge in [0, 0.05) is 52.4 Å². The topological polar surface area (TPSA) is 27.5 Å². The molecule has 1 fully saturated rings. The fourth-order valence-corrected chi connectivity index (χ4v) is 3.39. The van der Waals surface area contributed by atoms with Crippen LogP contribution in [0.1, 0.15) is 0 Å². The van der Waals surface area contributed by atoms with E-state index in [0.717, 1.165) is 37.6 Å². The molecule has 5 nitrogen and oxygen atoms in total. The van der Waals surface area contributed by atoms with E-state index >= 15 is 0 Å². The lowest BCUT2D eigenvalue weighted by Crippen LogP contribution is -3.00. The Bertz CT molecular complexity index is 632. The minimum atomic E-state index is 0. The molecule has 0 saturated carbocycles. The summed E-state index contributed by atoms with van der Waals surface area (Å²) < 4.78 is 2.36. The van der Waals surface area contributed by atoms with Crippen LogP contribution < -0.4 is 17.3 Å². The molecule has 0 radical (unpaired) electrons. The highest BCUT2D eigenvalue weighted by molar-refractivity contribution is 5.79. The molecule has 0 amide bonds. The van der Waals surface area contributed by atoms with Crippen LogP contribution in [0, 0.1) is 0 Å². The smallest absolute Gasteiger partial charge is 0.206 e. The Morgan fingerprint density at radius 1 is 0.955 bits per heavy atom. The van der Waals surface area contributed by atoms with Crippen molar-refractivity contribution in [2.45, 2.75) is 6.54 Å². The summed E-state index contributed by atoms with van der Waals surface area (Å²) in [6.45, 7) is 9.18. The van der Waals surface area contributed by atoms with Crippen LogP contribution in [0.5, 0.6) is 0 Å². The maximum atomic E-state index is 4.81. The van der Waals surface area contributed by atoms with Crippen molar-refractivity contribution in [3.8, 4) is 0 Å². The number of hydrogen-bond donors (Lipinski definition) is 0. The average molecular weight is 321 g/mol. The first kappa shape index (κ1) is 15.6. The molecule has 0 aliphatic carbocycles. The molecule has 0 N–H and O–H groups in total. The van der Waals surface area contributed by atoms with Crippen LogP contribution in [0.25, 0.3) is 11.0 Å². The molecule has 4 rings (SSSR count). The van der Waals surface area contributed by atoms with E-state index in [1.165, 1.54) is 31.7 Å². The van der Waals surface area contributed by atoms with Crippen LogP contribution in [0.15, 0.2) is 24.3 Å². The van der Waals surface area contributed by atoms with Crippen molar-refractivity contribution < 1.29 is 12.4 Å². The number of anilines is 1. The summed E-state index contributed by atoms with van der Waals surface area (Å²) in [5, 5.41) is 0. The van der Waals surface area contributed by atoms with Crippen LogP contribution in [0.4, 0.5) is 5.95 Å². The molecule has 2 aliphatic rings. The molecule has 1 aromatic carbocycles. The normalized spacial score (nSPS) is 19.4. The van der Waals surface area contributed by atoms with Crippen molar-refractivity contribution in [3.63, 3.8) is 0 Å². The number of rotatable bonds is 3. The van der Waals surface area contributed by atoms with Gasteiger partial charge in [0.15, 0.2) is 0 Å². The fourth-order valence-electron chi connectivity index (χ4n) is 3.39. The molecule has 0 spiro atoms. The number of hydrogen-bond acceptors (Lipinski definition) is 4. The Kier molecular flexibility index (Phi) is 4.57. The number of nitrogens with zero attached hydrogens (tertiary/aromatic N) is 5. The Balaban J connectivity index is 0.00000144. The van der Waals surface area contributed by atoms with Gasteiger partial charge in [0.05, 0.1) is 11.0 Å². The SMILES string of the molecule is CN1CCN(CCN2CCn3c2nc2ccccc23)CC1.[Cl-]. The zero-order valence-electron chi connectivity index (χ0n) is 13.1. The minimum Gasteiger partial charge on any atom is -1.00 e. The number of likely N-dealkylation sites (N-methyl/N-ethyl adjacent to an activating group) is 1. The van der Waals surface area contributed by atoms with Gasteiger partial charge in [-0.1, -0.05) is 12.1 Å². The standard InChI is InChI=1S/C16H23N5.ClH/c1-18-6-8-19(9-7-18)10-11-20-12-13-21-15-5-3-2-4-14(15)17-16(20)21;/h2-5H,6-13H2,1H3;1H/p-1. The van der Waals surface area contributed by atoms with E-state index in [1.807, 2.05) is 0 Å². The summed E-state index contributed by atoms with van der Waals surface area (Å²) in [7, 11) is 2.21. The van der Waals surface area contributed by atoms with Crippen LogP contribution in [0.2, 0.25) is 0 Å². The number of fused-ring (bicyclic) bond motifs is 3.